The van der Waals surface area contributed by atoms with Crippen molar-refractivity contribution in [1.82, 2.24) is 0 Å². The van der Waals surface area contributed by atoms with Gasteiger partial charge in [0, 0.05) is 6.08 Å². The Kier molecular flexibility index (Phi) is 6.07. The first-order valence-electron chi connectivity index (χ1n) is 5.50. The Labute approximate surface area is 105 Å². The van der Waals surface area contributed by atoms with Crippen LogP contribution in [0.3, 0.4) is 0 Å². The number of aliphatic hydroxyl groups is 3. The monoisotopic (exact) mass is 252 g/mol. The van der Waals surface area contributed by atoms with Gasteiger partial charge in [0.15, 0.2) is 0 Å². The van der Waals surface area contributed by atoms with E-state index in [0.717, 1.165) is 5.56 Å². The lowest BCUT2D eigenvalue weighted by Crippen LogP contribution is -2.33. The van der Waals surface area contributed by atoms with Crippen LogP contribution in [0.4, 0.5) is 0 Å². The molecule has 1 aromatic rings. The molecular weight excluding hydrogens is 236 g/mol. The number of hydrogen-bond donors (Lipinski definition) is 3. The van der Waals surface area contributed by atoms with E-state index < -0.39 is 24.8 Å². The third-order valence-corrected chi connectivity index (χ3v) is 2.24. The van der Waals surface area contributed by atoms with Crippen molar-refractivity contribution in [3.63, 3.8) is 0 Å². The molecule has 0 aliphatic rings. The van der Waals surface area contributed by atoms with Gasteiger partial charge in [0.1, 0.15) is 18.8 Å². The molecule has 0 aliphatic heterocycles. The lowest BCUT2D eigenvalue weighted by Gasteiger charge is -2.14. The van der Waals surface area contributed by atoms with Crippen molar-refractivity contribution in [2.24, 2.45) is 0 Å². The smallest absolute Gasteiger partial charge is 0.330 e. The normalized spacial score (nSPS) is 14.4. The fraction of sp³-hybridized carbons (Fsp3) is 0.308. The molecule has 3 N–H and O–H groups in total. The van der Waals surface area contributed by atoms with Gasteiger partial charge in [0.2, 0.25) is 0 Å². The molecule has 1 rings (SSSR count). The zero-order valence-electron chi connectivity index (χ0n) is 9.77. The molecule has 0 saturated heterocycles. The van der Waals surface area contributed by atoms with Crippen molar-refractivity contribution in [2.45, 2.75) is 12.2 Å². The highest BCUT2D eigenvalue weighted by Crippen LogP contribution is 2.01. The fourth-order valence-corrected chi connectivity index (χ4v) is 1.18. The molecular formula is C13H16O5. The molecule has 2 unspecified atom stereocenters. The number of carbonyl (C=O) groups is 1. The van der Waals surface area contributed by atoms with Crippen molar-refractivity contribution < 1.29 is 24.9 Å². The second-order valence-corrected chi connectivity index (χ2v) is 3.69. The highest BCUT2D eigenvalue weighted by molar-refractivity contribution is 5.87. The molecule has 0 fully saturated rings. The average molecular weight is 252 g/mol. The molecule has 5 heteroatoms. The van der Waals surface area contributed by atoms with Gasteiger partial charge in [-0.05, 0) is 11.6 Å². The molecule has 0 bridgehead atoms. The Hall–Kier alpha value is -1.69. The van der Waals surface area contributed by atoms with Crippen molar-refractivity contribution in [2.75, 3.05) is 13.2 Å². The van der Waals surface area contributed by atoms with E-state index in [4.69, 9.17) is 14.9 Å². The highest BCUT2D eigenvalue weighted by Gasteiger charge is 2.16. The first kappa shape index (κ1) is 14.4. The van der Waals surface area contributed by atoms with Gasteiger partial charge in [-0.2, -0.15) is 0 Å². The number of aliphatic hydroxyl groups excluding tert-OH is 3. The van der Waals surface area contributed by atoms with E-state index in [-0.39, 0.29) is 6.61 Å². The van der Waals surface area contributed by atoms with E-state index >= 15 is 0 Å². The van der Waals surface area contributed by atoms with Gasteiger partial charge in [-0.25, -0.2) is 4.79 Å². The summed E-state index contributed by atoms with van der Waals surface area (Å²) in [5, 5.41) is 26.8. The van der Waals surface area contributed by atoms with Crippen LogP contribution >= 0.6 is 0 Å². The van der Waals surface area contributed by atoms with Crippen LogP contribution in [0.2, 0.25) is 0 Å². The van der Waals surface area contributed by atoms with Gasteiger partial charge in [0.05, 0.1) is 6.61 Å². The minimum atomic E-state index is -1.31. The minimum Gasteiger partial charge on any atom is -0.460 e. The number of benzene rings is 1. The van der Waals surface area contributed by atoms with Crippen LogP contribution in [-0.4, -0.2) is 46.7 Å². The summed E-state index contributed by atoms with van der Waals surface area (Å²) in [7, 11) is 0. The SMILES string of the molecule is O=C(/C=C/c1ccccc1)OCC(O)C(O)CO. The van der Waals surface area contributed by atoms with Gasteiger partial charge in [-0.3, -0.25) is 0 Å². The van der Waals surface area contributed by atoms with E-state index in [9.17, 15) is 9.90 Å². The molecule has 2 atom stereocenters. The predicted molar refractivity (Wildman–Crippen MR) is 65.5 cm³/mol. The molecule has 0 aromatic heterocycles. The first-order valence-corrected chi connectivity index (χ1v) is 5.50. The van der Waals surface area contributed by atoms with Crippen LogP contribution in [0.1, 0.15) is 5.56 Å². The summed E-state index contributed by atoms with van der Waals surface area (Å²) in [4.78, 5) is 11.3. The summed E-state index contributed by atoms with van der Waals surface area (Å²) in [6.45, 7) is -0.946. The van der Waals surface area contributed by atoms with Crippen molar-refractivity contribution in [3.05, 3.63) is 42.0 Å². The molecule has 98 valence electrons. The van der Waals surface area contributed by atoms with Crippen LogP contribution in [0, 0.1) is 0 Å². The van der Waals surface area contributed by atoms with Crippen molar-refractivity contribution in [3.8, 4) is 0 Å². The van der Waals surface area contributed by atoms with E-state index in [0.29, 0.717) is 0 Å². The minimum absolute atomic E-state index is 0.361. The molecule has 0 aliphatic carbocycles. The van der Waals surface area contributed by atoms with Crippen LogP contribution in [0.5, 0.6) is 0 Å². The van der Waals surface area contributed by atoms with Crippen LogP contribution in [-0.2, 0) is 9.53 Å². The van der Waals surface area contributed by atoms with Gasteiger partial charge < -0.3 is 20.1 Å². The van der Waals surface area contributed by atoms with Crippen LogP contribution in [0.15, 0.2) is 36.4 Å². The topological polar surface area (TPSA) is 87.0 Å². The molecule has 0 spiro atoms. The third kappa shape index (κ3) is 5.09. The Bertz CT molecular complexity index is 388. The second kappa shape index (κ2) is 7.60. The molecule has 0 radical (unpaired) electrons. The van der Waals surface area contributed by atoms with Crippen molar-refractivity contribution in [1.29, 1.82) is 0 Å². The fourth-order valence-electron chi connectivity index (χ4n) is 1.18. The Morgan fingerprint density at radius 2 is 1.89 bits per heavy atom. The molecule has 1 aromatic carbocycles. The lowest BCUT2D eigenvalue weighted by molar-refractivity contribution is -0.143. The van der Waals surface area contributed by atoms with Gasteiger partial charge in [0.25, 0.3) is 0 Å². The molecule has 0 amide bonds. The summed E-state index contributed by atoms with van der Waals surface area (Å²) in [6.07, 6.45) is 0.213. The maximum Gasteiger partial charge on any atom is 0.330 e. The molecule has 0 saturated carbocycles. The Morgan fingerprint density at radius 3 is 2.50 bits per heavy atom. The third-order valence-electron chi connectivity index (χ3n) is 2.24. The molecule has 0 heterocycles. The number of rotatable bonds is 6. The zero-order valence-corrected chi connectivity index (χ0v) is 9.77. The van der Waals surface area contributed by atoms with Gasteiger partial charge >= 0.3 is 5.97 Å². The van der Waals surface area contributed by atoms with E-state index in [1.165, 1.54) is 6.08 Å². The standard InChI is InChI=1S/C13H16O5/c14-8-11(15)12(16)9-18-13(17)7-6-10-4-2-1-3-5-10/h1-7,11-12,14-16H,8-9H2/b7-6+. The van der Waals surface area contributed by atoms with Crippen LogP contribution in [0.25, 0.3) is 6.08 Å². The van der Waals surface area contributed by atoms with E-state index in [1.807, 2.05) is 30.3 Å². The maximum atomic E-state index is 11.3. The highest BCUT2D eigenvalue weighted by atomic mass is 16.5. The summed E-state index contributed by atoms with van der Waals surface area (Å²) in [5.41, 5.74) is 0.852. The van der Waals surface area contributed by atoms with Gasteiger partial charge in [-0.1, -0.05) is 30.3 Å². The molecule has 18 heavy (non-hydrogen) atoms. The zero-order chi connectivity index (χ0) is 13.4. The Morgan fingerprint density at radius 1 is 1.22 bits per heavy atom. The summed E-state index contributed by atoms with van der Waals surface area (Å²) >= 11 is 0. The number of carbonyl (C=O) groups excluding carboxylic acids is 1. The van der Waals surface area contributed by atoms with Crippen molar-refractivity contribution >= 4 is 12.0 Å². The predicted octanol–water partition coefficient (Wildman–Crippen LogP) is -0.0429. The maximum absolute atomic E-state index is 11.3. The summed E-state index contributed by atoms with van der Waals surface area (Å²) < 4.78 is 4.70. The molecule has 5 nitrogen and oxygen atoms in total. The van der Waals surface area contributed by atoms with E-state index in [1.54, 1.807) is 6.08 Å². The first-order chi connectivity index (χ1) is 8.63. The summed E-state index contributed by atoms with van der Waals surface area (Å²) in [6, 6.07) is 9.20. The van der Waals surface area contributed by atoms with E-state index in [2.05, 4.69) is 0 Å². The quantitative estimate of drug-likeness (QED) is 0.488. The lowest BCUT2D eigenvalue weighted by atomic mass is 10.2. The Balaban J connectivity index is 2.36. The second-order valence-electron chi connectivity index (χ2n) is 3.69. The van der Waals surface area contributed by atoms with Gasteiger partial charge in [-0.15, -0.1) is 0 Å². The van der Waals surface area contributed by atoms with Crippen LogP contribution < -0.4 is 0 Å². The average Bonchev–Trinajstić information content (AvgIpc) is 2.42. The number of hydrogen-bond acceptors (Lipinski definition) is 5. The number of esters is 1. The number of ether oxygens (including phenoxy) is 1. The summed E-state index contributed by atoms with van der Waals surface area (Å²) in [5.74, 6) is -0.622. The largest absolute Gasteiger partial charge is 0.460 e.